The predicted molar refractivity (Wildman–Crippen MR) is 128 cm³/mol. The van der Waals surface area contributed by atoms with Crippen LogP contribution in [0.4, 0.5) is 13.6 Å². The molecular weight excluding hydrogens is 500 g/mol. The van der Waals surface area contributed by atoms with E-state index in [0.29, 0.717) is 44.0 Å². The van der Waals surface area contributed by atoms with E-state index in [1.54, 1.807) is 6.92 Å². The molecular formula is C23H30ClF2N5O5. The molecule has 1 aliphatic carbocycles. The summed E-state index contributed by atoms with van der Waals surface area (Å²) >= 11 is 0. The number of piperidine rings is 1. The lowest BCUT2D eigenvalue weighted by Crippen LogP contribution is -2.48. The second-order valence-electron chi connectivity index (χ2n) is 8.89. The Bertz CT molecular complexity index is 1070. The fraction of sp³-hybridized carbons (Fsp3) is 0.522. The van der Waals surface area contributed by atoms with Crippen LogP contribution in [-0.2, 0) is 0 Å². The third kappa shape index (κ3) is 6.76. The Morgan fingerprint density at radius 1 is 1.22 bits per heavy atom. The van der Waals surface area contributed by atoms with Crippen molar-refractivity contribution < 1.29 is 32.3 Å². The number of hydrogen-bond acceptors (Lipinski definition) is 7. The Kier molecular flexibility index (Phi) is 8.96. The lowest BCUT2D eigenvalue weighted by molar-refractivity contribution is -0.0515. The van der Waals surface area contributed by atoms with Gasteiger partial charge >= 0.3 is 12.6 Å². The van der Waals surface area contributed by atoms with E-state index in [1.165, 1.54) is 23.1 Å². The Hall–Kier alpha value is -3.12. The van der Waals surface area contributed by atoms with E-state index in [0.717, 1.165) is 12.8 Å². The molecule has 0 bridgehead atoms. The van der Waals surface area contributed by atoms with Crippen LogP contribution in [0.3, 0.4) is 0 Å². The molecule has 2 fully saturated rings. The first-order chi connectivity index (χ1) is 16.7. The second kappa shape index (κ2) is 11.7. The maximum absolute atomic E-state index is 13.0. The molecule has 4 rings (SSSR count). The van der Waals surface area contributed by atoms with E-state index < -0.39 is 24.6 Å². The van der Waals surface area contributed by atoms with E-state index >= 15 is 0 Å². The van der Waals surface area contributed by atoms with Gasteiger partial charge in [0.15, 0.2) is 23.0 Å². The zero-order chi connectivity index (χ0) is 25.1. The van der Waals surface area contributed by atoms with E-state index in [9.17, 15) is 18.4 Å². The molecule has 13 heteroatoms. The highest BCUT2D eigenvalue weighted by atomic mass is 35.5. The van der Waals surface area contributed by atoms with Crippen molar-refractivity contribution in [1.82, 2.24) is 15.2 Å². The van der Waals surface area contributed by atoms with Gasteiger partial charge in [-0.25, -0.2) is 9.78 Å². The van der Waals surface area contributed by atoms with Gasteiger partial charge in [-0.05, 0) is 56.7 Å². The molecule has 198 valence electrons. The van der Waals surface area contributed by atoms with Crippen molar-refractivity contribution >= 4 is 24.3 Å². The third-order valence-electron chi connectivity index (χ3n) is 6.00. The molecule has 1 saturated carbocycles. The summed E-state index contributed by atoms with van der Waals surface area (Å²) in [5.74, 6) is 0.291. The molecule has 3 amide bonds. The van der Waals surface area contributed by atoms with Crippen molar-refractivity contribution in [1.29, 1.82) is 0 Å². The maximum atomic E-state index is 13.0. The van der Waals surface area contributed by atoms with Crippen LogP contribution in [0.5, 0.6) is 11.5 Å². The van der Waals surface area contributed by atoms with Crippen molar-refractivity contribution in [2.45, 2.75) is 51.3 Å². The first-order valence-electron chi connectivity index (χ1n) is 11.5. The molecule has 2 aromatic rings. The third-order valence-corrected chi connectivity index (χ3v) is 6.00. The largest absolute Gasteiger partial charge is 0.489 e. The number of oxazole rings is 1. The number of rotatable bonds is 9. The van der Waals surface area contributed by atoms with Gasteiger partial charge in [0.25, 0.3) is 5.91 Å². The minimum absolute atomic E-state index is 0. The number of aromatic nitrogens is 1. The van der Waals surface area contributed by atoms with Crippen LogP contribution in [0.1, 0.15) is 54.9 Å². The molecule has 5 N–H and O–H groups in total. The van der Waals surface area contributed by atoms with Gasteiger partial charge in [-0.3, -0.25) is 4.79 Å². The molecule has 0 spiro atoms. The first-order valence-corrected chi connectivity index (χ1v) is 11.5. The summed E-state index contributed by atoms with van der Waals surface area (Å²) in [6, 6.07) is 3.08. The van der Waals surface area contributed by atoms with Gasteiger partial charge in [0.1, 0.15) is 0 Å². The van der Waals surface area contributed by atoms with E-state index in [1.807, 2.05) is 0 Å². The minimum atomic E-state index is -3.00. The number of ether oxygens (including phenoxy) is 2. The fourth-order valence-corrected chi connectivity index (χ4v) is 3.86. The molecule has 2 heterocycles. The molecule has 0 radical (unpaired) electrons. The number of hydrogen-bond donors (Lipinski definition) is 3. The lowest BCUT2D eigenvalue weighted by Gasteiger charge is -2.31. The van der Waals surface area contributed by atoms with Crippen molar-refractivity contribution in [3.8, 4) is 23.0 Å². The summed E-state index contributed by atoms with van der Waals surface area (Å²) in [6.07, 6.45) is 3.17. The average molecular weight is 530 g/mol. The standard InChI is InChI=1S/C23H29F2N5O5.ClH/c1-12(26)19-18(20(31)28-15-6-8-30(9-7-15)23(27)32)29-21(35-19)14-4-5-16(34-22(24)25)17(10-14)33-11-13-2-3-13;/h4-5,10,12-13,15,22H,2-3,6-9,11,26H2,1H3,(H2,27,32)(H,28,31);1H/t12-;/m0./s1. The smallest absolute Gasteiger partial charge is 0.387 e. The number of carbonyl (C=O) groups excluding carboxylic acids is 2. The topological polar surface area (TPSA) is 146 Å². The van der Waals surface area contributed by atoms with Gasteiger partial charge in [0.05, 0.1) is 12.6 Å². The number of amides is 3. The van der Waals surface area contributed by atoms with Gasteiger partial charge in [-0.2, -0.15) is 8.78 Å². The normalized spacial score (nSPS) is 16.9. The van der Waals surface area contributed by atoms with Crippen LogP contribution in [0.2, 0.25) is 0 Å². The number of primary amides is 1. The van der Waals surface area contributed by atoms with Gasteiger partial charge in [-0.15, -0.1) is 12.4 Å². The van der Waals surface area contributed by atoms with Crippen molar-refractivity contribution in [2.75, 3.05) is 19.7 Å². The summed E-state index contributed by atoms with van der Waals surface area (Å²) in [4.78, 5) is 30.2. The Labute approximate surface area is 213 Å². The lowest BCUT2D eigenvalue weighted by atomic mass is 10.0. The maximum Gasteiger partial charge on any atom is 0.387 e. The summed E-state index contributed by atoms with van der Waals surface area (Å²) in [7, 11) is 0. The van der Waals surface area contributed by atoms with E-state index in [2.05, 4.69) is 15.0 Å². The number of urea groups is 1. The number of nitrogens with one attached hydrogen (secondary N) is 1. The predicted octanol–water partition coefficient (Wildman–Crippen LogP) is 3.45. The summed E-state index contributed by atoms with van der Waals surface area (Å²) in [5, 5.41) is 2.91. The van der Waals surface area contributed by atoms with Gasteiger partial charge in [0.2, 0.25) is 5.89 Å². The first kappa shape index (κ1) is 27.5. The van der Waals surface area contributed by atoms with Crippen molar-refractivity contribution in [3.05, 3.63) is 29.7 Å². The van der Waals surface area contributed by atoms with Crippen LogP contribution in [-0.4, -0.2) is 54.2 Å². The van der Waals surface area contributed by atoms with E-state index in [4.69, 9.17) is 20.6 Å². The highest BCUT2D eigenvalue weighted by Gasteiger charge is 2.28. The van der Waals surface area contributed by atoms with Crippen molar-refractivity contribution in [2.24, 2.45) is 17.4 Å². The van der Waals surface area contributed by atoms with Crippen LogP contribution >= 0.6 is 12.4 Å². The molecule has 36 heavy (non-hydrogen) atoms. The molecule has 0 unspecified atom stereocenters. The summed E-state index contributed by atoms with van der Waals surface area (Å²) in [6.45, 7) is -0.0545. The zero-order valence-electron chi connectivity index (χ0n) is 19.7. The van der Waals surface area contributed by atoms with Gasteiger partial charge < -0.3 is 35.6 Å². The van der Waals surface area contributed by atoms with Crippen LogP contribution in [0.15, 0.2) is 22.6 Å². The quantitative estimate of drug-likeness (QED) is 0.451. The number of nitrogens with zero attached hydrogens (tertiary/aromatic N) is 2. The highest BCUT2D eigenvalue weighted by Crippen LogP contribution is 2.37. The Balaban J connectivity index is 0.00000361. The second-order valence-corrected chi connectivity index (χ2v) is 8.89. The Morgan fingerprint density at radius 2 is 1.92 bits per heavy atom. The molecule has 10 nitrogen and oxygen atoms in total. The van der Waals surface area contributed by atoms with Crippen LogP contribution in [0.25, 0.3) is 11.5 Å². The zero-order valence-corrected chi connectivity index (χ0v) is 20.6. The van der Waals surface area contributed by atoms with Gasteiger partial charge in [0, 0.05) is 24.7 Å². The fourth-order valence-electron chi connectivity index (χ4n) is 3.86. The average Bonchev–Trinajstić information content (AvgIpc) is 3.53. The number of nitrogens with two attached hydrogens (primary N) is 2. The monoisotopic (exact) mass is 529 g/mol. The van der Waals surface area contributed by atoms with Crippen LogP contribution in [0, 0.1) is 5.92 Å². The molecule has 1 saturated heterocycles. The highest BCUT2D eigenvalue weighted by molar-refractivity contribution is 5.94. The summed E-state index contributed by atoms with van der Waals surface area (Å²) < 4.78 is 41.8. The number of halogens is 3. The number of benzene rings is 1. The molecule has 1 aromatic heterocycles. The number of alkyl halides is 2. The molecule has 1 aliphatic heterocycles. The van der Waals surface area contributed by atoms with Gasteiger partial charge in [-0.1, -0.05) is 0 Å². The number of carbonyl (C=O) groups is 2. The summed E-state index contributed by atoms with van der Waals surface area (Å²) in [5.41, 5.74) is 11.8. The molecule has 1 aromatic carbocycles. The van der Waals surface area contributed by atoms with Crippen molar-refractivity contribution in [3.63, 3.8) is 0 Å². The number of likely N-dealkylation sites (tertiary alicyclic amines) is 1. The van der Waals surface area contributed by atoms with E-state index in [-0.39, 0.29) is 47.3 Å². The molecule has 2 aliphatic rings. The minimum Gasteiger partial charge on any atom is -0.489 e. The Morgan fingerprint density at radius 3 is 2.50 bits per heavy atom. The SMILES string of the molecule is C[C@H](N)c1oc(-c2ccc(OC(F)F)c(OCC3CC3)c2)nc1C(=O)NC1CCN(C(N)=O)CC1.Cl. The molecule has 1 atom stereocenters. The van der Waals surface area contributed by atoms with Crippen LogP contribution < -0.4 is 26.3 Å².